The van der Waals surface area contributed by atoms with E-state index in [-0.39, 0.29) is 5.82 Å². The van der Waals surface area contributed by atoms with Crippen LogP contribution in [0.5, 0.6) is 0 Å². The molecule has 0 bridgehead atoms. The van der Waals surface area contributed by atoms with Gasteiger partial charge in [-0.1, -0.05) is 11.6 Å². The van der Waals surface area contributed by atoms with Crippen LogP contribution < -0.4 is 5.32 Å². The van der Waals surface area contributed by atoms with Gasteiger partial charge in [-0.25, -0.2) is 9.37 Å². The molecule has 84 valence electrons. The van der Waals surface area contributed by atoms with E-state index in [2.05, 4.69) is 10.3 Å². The van der Waals surface area contributed by atoms with E-state index >= 15 is 0 Å². The van der Waals surface area contributed by atoms with Crippen molar-refractivity contribution >= 4 is 28.6 Å². The fourth-order valence-corrected chi connectivity index (χ4v) is 2.23. The molecule has 1 heterocycles. The first-order valence-corrected chi connectivity index (χ1v) is 5.95. The first-order valence-electron chi connectivity index (χ1n) is 4.75. The van der Waals surface area contributed by atoms with Crippen LogP contribution >= 0.6 is 22.9 Å². The van der Waals surface area contributed by atoms with Crippen molar-refractivity contribution in [2.45, 2.75) is 13.5 Å². The third kappa shape index (κ3) is 2.71. The van der Waals surface area contributed by atoms with Crippen molar-refractivity contribution < 1.29 is 4.39 Å². The number of halogens is 2. The zero-order chi connectivity index (χ0) is 11.5. The molecule has 0 amide bonds. The van der Waals surface area contributed by atoms with Gasteiger partial charge in [-0.2, -0.15) is 0 Å². The second-order valence-corrected chi connectivity index (χ2v) is 5.09. The monoisotopic (exact) mass is 256 g/mol. The van der Waals surface area contributed by atoms with Gasteiger partial charge < -0.3 is 5.32 Å². The number of nitrogens with one attached hydrogen (secondary N) is 1. The van der Waals surface area contributed by atoms with E-state index in [0.29, 0.717) is 16.6 Å². The Labute approximate surface area is 102 Å². The highest BCUT2D eigenvalue weighted by atomic mass is 35.5. The van der Waals surface area contributed by atoms with E-state index in [9.17, 15) is 4.39 Å². The summed E-state index contributed by atoms with van der Waals surface area (Å²) >= 11 is 7.15. The van der Waals surface area contributed by atoms with Crippen LogP contribution in [-0.2, 0) is 6.54 Å². The number of aromatic nitrogens is 1. The van der Waals surface area contributed by atoms with Crippen LogP contribution in [-0.4, -0.2) is 4.98 Å². The van der Waals surface area contributed by atoms with Crippen molar-refractivity contribution in [2.75, 3.05) is 5.32 Å². The lowest BCUT2D eigenvalue weighted by Crippen LogP contribution is -1.98. The van der Waals surface area contributed by atoms with Crippen LogP contribution in [0.4, 0.5) is 10.1 Å². The van der Waals surface area contributed by atoms with Crippen molar-refractivity contribution in [3.63, 3.8) is 0 Å². The highest BCUT2D eigenvalue weighted by Gasteiger charge is 2.01. The molecule has 0 unspecified atom stereocenters. The van der Waals surface area contributed by atoms with Crippen molar-refractivity contribution in [2.24, 2.45) is 0 Å². The quantitative estimate of drug-likeness (QED) is 0.902. The molecule has 0 radical (unpaired) electrons. The van der Waals surface area contributed by atoms with Crippen LogP contribution in [0.2, 0.25) is 4.47 Å². The molecular weight excluding hydrogens is 247 g/mol. The summed E-state index contributed by atoms with van der Waals surface area (Å²) in [4.78, 5) is 4.99. The van der Waals surface area contributed by atoms with E-state index < -0.39 is 0 Å². The summed E-state index contributed by atoms with van der Waals surface area (Å²) in [6.07, 6.45) is 1.73. The van der Waals surface area contributed by atoms with Crippen molar-refractivity contribution in [1.82, 2.24) is 4.98 Å². The first kappa shape index (κ1) is 11.4. The minimum absolute atomic E-state index is 0.189. The van der Waals surface area contributed by atoms with Crippen LogP contribution in [0.1, 0.15) is 10.4 Å². The zero-order valence-corrected chi connectivity index (χ0v) is 10.2. The SMILES string of the molecule is Cc1cc(NCc2cnc(Cl)s2)ccc1F. The van der Waals surface area contributed by atoms with Gasteiger partial charge in [-0.3, -0.25) is 0 Å². The maximum atomic E-state index is 13.0. The molecule has 2 aromatic rings. The molecule has 0 spiro atoms. The maximum Gasteiger partial charge on any atom is 0.183 e. The molecule has 0 atom stereocenters. The number of hydrogen-bond donors (Lipinski definition) is 1. The minimum atomic E-state index is -0.189. The molecule has 16 heavy (non-hydrogen) atoms. The molecular formula is C11H10ClFN2S. The van der Waals surface area contributed by atoms with Gasteiger partial charge in [0.25, 0.3) is 0 Å². The third-order valence-corrected chi connectivity index (χ3v) is 3.26. The Morgan fingerprint density at radius 1 is 1.50 bits per heavy atom. The van der Waals surface area contributed by atoms with E-state index in [1.807, 2.05) is 0 Å². The molecule has 5 heteroatoms. The molecule has 2 rings (SSSR count). The van der Waals surface area contributed by atoms with Crippen LogP contribution in [0.15, 0.2) is 24.4 Å². The molecule has 2 nitrogen and oxygen atoms in total. The summed E-state index contributed by atoms with van der Waals surface area (Å²) in [7, 11) is 0. The van der Waals surface area contributed by atoms with Crippen molar-refractivity contribution in [3.8, 4) is 0 Å². The fraction of sp³-hybridized carbons (Fsp3) is 0.182. The summed E-state index contributed by atoms with van der Waals surface area (Å²) in [5, 5.41) is 3.19. The van der Waals surface area contributed by atoms with Gasteiger partial charge in [-0.15, -0.1) is 11.3 Å². The second kappa shape index (κ2) is 4.80. The van der Waals surface area contributed by atoms with Crippen molar-refractivity contribution in [3.05, 3.63) is 45.1 Å². The number of anilines is 1. The van der Waals surface area contributed by atoms with E-state index in [1.54, 1.807) is 25.3 Å². The van der Waals surface area contributed by atoms with Gasteiger partial charge in [0.1, 0.15) is 5.82 Å². The standard InChI is InChI=1S/C11H10ClFN2S/c1-7-4-8(2-3-10(7)13)14-5-9-6-15-11(12)16-9/h2-4,6,14H,5H2,1H3. The highest BCUT2D eigenvalue weighted by Crippen LogP contribution is 2.20. The number of aryl methyl sites for hydroxylation is 1. The smallest absolute Gasteiger partial charge is 0.183 e. The average molecular weight is 257 g/mol. The van der Waals surface area contributed by atoms with Gasteiger partial charge in [0.2, 0.25) is 0 Å². The van der Waals surface area contributed by atoms with Gasteiger partial charge in [-0.05, 0) is 30.7 Å². The Kier molecular flexibility index (Phi) is 3.41. The topological polar surface area (TPSA) is 24.9 Å². The van der Waals surface area contributed by atoms with Crippen molar-refractivity contribution in [1.29, 1.82) is 0 Å². The summed E-state index contributed by atoms with van der Waals surface area (Å²) in [5.41, 5.74) is 1.52. The van der Waals surface area contributed by atoms with Gasteiger partial charge >= 0.3 is 0 Å². The van der Waals surface area contributed by atoms with Gasteiger partial charge in [0.05, 0.1) is 6.54 Å². The van der Waals surface area contributed by atoms with Gasteiger partial charge in [0, 0.05) is 16.8 Å². The largest absolute Gasteiger partial charge is 0.380 e. The molecule has 1 N–H and O–H groups in total. The number of hydrogen-bond acceptors (Lipinski definition) is 3. The Balaban J connectivity index is 2.02. The molecule has 1 aromatic carbocycles. The summed E-state index contributed by atoms with van der Waals surface area (Å²) in [5.74, 6) is -0.189. The third-order valence-electron chi connectivity index (χ3n) is 2.15. The molecule has 0 saturated carbocycles. The lowest BCUT2D eigenvalue weighted by Gasteiger charge is -2.05. The summed E-state index contributed by atoms with van der Waals surface area (Å²) in [6, 6.07) is 4.94. The Hall–Kier alpha value is -1.13. The van der Waals surface area contributed by atoms with Gasteiger partial charge in [0.15, 0.2) is 4.47 Å². The number of rotatable bonds is 3. The predicted octanol–water partition coefficient (Wildman–Crippen LogP) is 3.86. The lowest BCUT2D eigenvalue weighted by atomic mass is 10.2. The zero-order valence-electron chi connectivity index (χ0n) is 8.63. The molecule has 0 saturated heterocycles. The van der Waals surface area contributed by atoms with Crippen LogP contribution in [0, 0.1) is 12.7 Å². The normalized spacial score (nSPS) is 10.4. The summed E-state index contributed by atoms with van der Waals surface area (Å²) in [6.45, 7) is 2.39. The molecule has 0 aliphatic carbocycles. The number of nitrogens with zero attached hydrogens (tertiary/aromatic N) is 1. The number of thiazole rings is 1. The Morgan fingerprint density at radius 2 is 2.31 bits per heavy atom. The van der Waals surface area contributed by atoms with E-state index in [4.69, 9.17) is 11.6 Å². The maximum absolute atomic E-state index is 13.0. The minimum Gasteiger partial charge on any atom is -0.380 e. The molecule has 0 fully saturated rings. The second-order valence-electron chi connectivity index (χ2n) is 3.40. The predicted molar refractivity (Wildman–Crippen MR) is 65.6 cm³/mol. The highest BCUT2D eigenvalue weighted by molar-refractivity contribution is 7.15. The molecule has 1 aromatic heterocycles. The Bertz CT molecular complexity index is 498. The first-order chi connectivity index (χ1) is 7.65. The molecule has 0 aliphatic rings. The summed E-state index contributed by atoms with van der Waals surface area (Å²) < 4.78 is 13.5. The van der Waals surface area contributed by atoms with E-state index in [0.717, 1.165) is 10.6 Å². The van der Waals surface area contributed by atoms with E-state index in [1.165, 1.54) is 17.4 Å². The fourth-order valence-electron chi connectivity index (χ4n) is 1.31. The molecule has 0 aliphatic heterocycles. The number of benzene rings is 1. The van der Waals surface area contributed by atoms with Crippen LogP contribution in [0.3, 0.4) is 0 Å². The lowest BCUT2D eigenvalue weighted by molar-refractivity contribution is 0.618. The Morgan fingerprint density at radius 3 is 2.94 bits per heavy atom. The average Bonchev–Trinajstić information content (AvgIpc) is 2.66. The van der Waals surface area contributed by atoms with Crippen LogP contribution in [0.25, 0.3) is 0 Å².